The number of hydrogen-bond acceptors (Lipinski definition) is 4. The van der Waals surface area contributed by atoms with E-state index < -0.39 is 17.6 Å². The van der Waals surface area contributed by atoms with Gasteiger partial charge < -0.3 is 4.90 Å². The van der Waals surface area contributed by atoms with E-state index in [1.165, 1.54) is 23.9 Å². The average molecular weight is 416 g/mol. The van der Waals surface area contributed by atoms with Crippen LogP contribution in [0.25, 0.3) is 0 Å². The molecule has 1 heterocycles. The molecule has 2 N–H and O–H groups in total. The molecule has 3 aromatic carbocycles. The molecule has 4 nitrogen and oxygen atoms in total. The summed E-state index contributed by atoms with van der Waals surface area (Å²) < 4.78 is 39.8. The Balaban J connectivity index is 1.75. The summed E-state index contributed by atoms with van der Waals surface area (Å²) >= 11 is 1.44. The number of nitrogens with one attached hydrogen (secondary N) is 1. The van der Waals surface area contributed by atoms with Crippen molar-refractivity contribution in [1.29, 1.82) is 0 Å². The highest BCUT2D eigenvalue weighted by Gasteiger charge is 2.33. The lowest BCUT2D eigenvalue weighted by Gasteiger charge is -2.33. The number of amides is 1. The molecule has 1 amide bonds. The van der Waals surface area contributed by atoms with Crippen molar-refractivity contribution in [2.45, 2.75) is 22.5 Å². The number of alkyl halides is 3. The second-order valence-electron chi connectivity index (χ2n) is 6.47. The summed E-state index contributed by atoms with van der Waals surface area (Å²) in [5, 5.41) is 8.73. The maximum atomic E-state index is 13.3. The Bertz CT molecular complexity index is 1070. The topological polar surface area (TPSA) is 52.6 Å². The Morgan fingerprint density at radius 2 is 1.66 bits per heavy atom. The predicted octanol–water partition coefficient (Wildman–Crippen LogP) is 5.63. The molecule has 148 valence electrons. The zero-order chi connectivity index (χ0) is 20.6. The average Bonchev–Trinajstić information content (AvgIpc) is 2.72. The van der Waals surface area contributed by atoms with Crippen LogP contribution in [0.5, 0.6) is 0 Å². The fourth-order valence-corrected chi connectivity index (χ4v) is 4.26. The molecule has 0 spiro atoms. The molecule has 0 saturated heterocycles. The van der Waals surface area contributed by atoms with Crippen molar-refractivity contribution >= 4 is 29.0 Å². The van der Waals surface area contributed by atoms with Crippen LogP contribution >= 0.6 is 11.8 Å². The van der Waals surface area contributed by atoms with Gasteiger partial charge in [0, 0.05) is 21.9 Å². The van der Waals surface area contributed by atoms with Gasteiger partial charge in [-0.3, -0.25) is 10.0 Å². The molecule has 0 saturated carbocycles. The Kier molecular flexibility index (Phi) is 4.97. The van der Waals surface area contributed by atoms with Crippen molar-refractivity contribution in [1.82, 2.24) is 5.48 Å². The van der Waals surface area contributed by atoms with Gasteiger partial charge in [-0.05, 0) is 48.0 Å². The lowest BCUT2D eigenvalue weighted by molar-refractivity contribution is -0.137. The van der Waals surface area contributed by atoms with Crippen molar-refractivity contribution in [3.05, 3.63) is 83.4 Å². The number of carbonyl (C=O) groups is 1. The van der Waals surface area contributed by atoms with Crippen molar-refractivity contribution in [3.8, 4) is 0 Å². The summed E-state index contributed by atoms with van der Waals surface area (Å²) in [6.07, 6.45) is -4.43. The minimum absolute atomic E-state index is 0.283. The Morgan fingerprint density at radius 1 is 0.966 bits per heavy atom. The molecule has 0 radical (unpaired) electrons. The van der Waals surface area contributed by atoms with E-state index in [0.717, 1.165) is 27.1 Å². The van der Waals surface area contributed by atoms with Crippen LogP contribution in [0.2, 0.25) is 0 Å². The first-order valence-corrected chi connectivity index (χ1v) is 9.47. The lowest BCUT2D eigenvalue weighted by Crippen LogP contribution is -2.21. The molecular weight excluding hydrogens is 401 g/mol. The zero-order valence-electron chi connectivity index (χ0n) is 14.9. The first-order chi connectivity index (χ1) is 13.9. The van der Waals surface area contributed by atoms with E-state index in [2.05, 4.69) is 0 Å². The summed E-state index contributed by atoms with van der Waals surface area (Å²) in [7, 11) is 0. The van der Waals surface area contributed by atoms with E-state index in [-0.39, 0.29) is 5.56 Å². The number of hydrogen-bond donors (Lipinski definition) is 2. The van der Waals surface area contributed by atoms with Gasteiger partial charge in [0.1, 0.15) is 0 Å². The molecule has 1 aliphatic heterocycles. The van der Waals surface area contributed by atoms with E-state index in [9.17, 15) is 18.0 Å². The molecule has 3 aromatic rings. The number of benzene rings is 3. The van der Waals surface area contributed by atoms with E-state index in [4.69, 9.17) is 5.21 Å². The summed E-state index contributed by atoms with van der Waals surface area (Å²) in [5.74, 6) is -0.628. The molecule has 0 aromatic heterocycles. The van der Waals surface area contributed by atoms with Gasteiger partial charge in [0.2, 0.25) is 0 Å². The van der Waals surface area contributed by atoms with Gasteiger partial charge in [-0.1, -0.05) is 36.0 Å². The number of fused-ring (bicyclic) bond motifs is 2. The smallest absolute Gasteiger partial charge is 0.335 e. The summed E-state index contributed by atoms with van der Waals surface area (Å²) in [6, 6.07) is 17.8. The van der Waals surface area contributed by atoms with E-state index in [1.807, 2.05) is 29.2 Å². The molecule has 0 aliphatic carbocycles. The first kappa shape index (κ1) is 19.4. The van der Waals surface area contributed by atoms with E-state index in [1.54, 1.807) is 29.7 Å². The minimum Gasteiger partial charge on any atom is -0.335 e. The van der Waals surface area contributed by atoms with Crippen molar-refractivity contribution in [2.75, 3.05) is 4.90 Å². The second kappa shape index (κ2) is 7.46. The van der Waals surface area contributed by atoms with Gasteiger partial charge in [0.05, 0.1) is 16.9 Å². The lowest BCUT2D eigenvalue weighted by atomic mass is 10.1. The van der Waals surface area contributed by atoms with E-state index >= 15 is 0 Å². The molecule has 29 heavy (non-hydrogen) atoms. The maximum Gasteiger partial charge on any atom is 0.416 e. The number of halogens is 3. The van der Waals surface area contributed by atoms with E-state index in [0.29, 0.717) is 12.2 Å². The summed E-state index contributed by atoms with van der Waals surface area (Å²) in [6.45, 7) is 0.326. The third kappa shape index (κ3) is 3.81. The highest BCUT2D eigenvalue weighted by Crippen LogP contribution is 2.50. The van der Waals surface area contributed by atoms with Crippen LogP contribution < -0.4 is 10.4 Å². The van der Waals surface area contributed by atoms with Gasteiger partial charge >= 0.3 is 6.18 Å². The van der Waals surface area contributed by atoms with Crippen LogP contribution in [0.4, 0.5) is 24.5 Å². The number of nitrogens with zero attached hydrogens (tertiary/aromatic N) is 1. The van der Waals surface area contributed by atoms with Crippen molar-refractivity contribution in [3.63, 3.8) is 0 Å². The fraction of sp³-hybridized carbons (Fsp3) is 0.0952. The summed E-state index contributed by atoms with van der Waals surface area (Å²) in [5.41, 5.74) is 3.27. The van der Waals surface area contributed by atoms with Gasteiger partial charge in [-0.15, -0.1) is 0 Å². The number of anilines is 2. The monoisotopic (exact) mass is 416 g/mol. The first-order valence-electron chi connectivity index (χ1n) is 8.66. The molecule has 4 rings (SSSR count). The SMILES string of the molecule is O=C(NO)c1ccc(CN2c3ccccc3Sc3ccc(C(F)(F)F)cc32)cc1. The van der Waals surface area contributed by atoms with Crippen molar-refractivity contribution in [2.24, 2.45) is 0 Å². The number of para-hydroxylation sites is 1. The standard InChI is InChI=1S/C21H15F3N2O2S/c22-21(23,24)15-9-10-19-17(11-15)26(16-3-1-2-4-18(16)29-19)12-13-5-7-14(8-6-13)20(27)25-28/h1-11,28H,12H2,(H,25,27). The van der Waals surface area contributed by atoms with Crippen LogP contribution in [0.3, 0.4) is 0 Å². The number of hydroxylamine groups is 1. The Hall–Kier alpha value is -2.97. The summed E-state index contributed by atoms with van der Waals surface area (Å²) in [4.78, 5) is 15.0. The molecule has 0 atom stereocenters. The molecule has 0 bridgehead atoms. The highest BCUT2D eigenvalue weighted by molar-refractivity contribution is 7.99. The van der Waals surface area contributed by atoms with Gasteiger partial charge in [-0.2, -0.15) is 13.2 Å². The van der Waals surface area contributed by atoms with Gasteiger partial charge in [-0.25, -0.2) is 5.48 Å². The Labute approximate surface area is 168 Å². The fourth-order valence-electron chi connectivity index (χ4n) is 3.18. The largest absolute Gasteiger partial charge is 0.416 e. The maximum absolute atomic E-state index is 13.3. The predicted molar refractivity (Wildman–Crippen MR) is 104 cm³/mol. The Morgan fingerprint density at radius 3 is 2.34 bits per heavy atom. The molecule has 8 heteroatoms. The number of carbonyl (C=O) groups excluding carboxylic acids is 1. The molecular formula is C21H15F3N2O2S. The normalized spacial score (nSPS) is 12.9. The van der Waals surface area contributed by atoms with Crippen LogP contribution in [-0.4, -0.2) is 11.1 Å². The van der Waals surface area contributed by atoms with Crippen LogP contribution in [0.15, 0.2) is 76.5 Å². The van der Waals surface area contributed by atoms with Crippen LogP contribution in [-0.2, 0) is 12.7 Å². The molecule has 1 aliphatic rings. The minimum atomic E-state index is -4.43. The van der Waals surface area contributed by atoms with Crippen molar-refractivity contribution < 1.29 is 23.2 Å². The highest BCUT2D eigenvalue weighted by atomic mass is 32.2. The second-order valence-corrected chi connectivity index (χ2v) is 7.56. The third-order valence-electron chi connectivity index (χ3n) is 4.61. The van der Waals surface area contributed by atoms with Crippen LogP contribution in [0.1, 0.15) is 21.5 Å². The van der Waals surface area contributed by atoms with Crippen LogP contribution in [0, 0.1) is 0 Å². The third-order valence-corrected chi connectivity index (χ3v) is 5.74. The quantitative estimate of drug-likeness (QED) is 0.429. The molecule has 0 unspecified atom stereocenters. The molecule has 0 fully saturated rings. The number of rotatable bonds is 3. The zero-order valence-corrected chi connectivity index (χ0v) is 15.7. The van der Waals surface area contributed by atoms with Gasteiger partial charge in [0.15, 0.2) is 0 Å². The van der Waals surface area contributed by atoms with Gasteiger partial charge in [0.25, 0.3) is 5.91 Å².